The van der Waals surface area contributed by atoms with Gasteiger partial charge in [0.1, 0.15) is 17.7 Å². The highest BCUT2D eigenvalue weighted by molar-refractivity contribution is 5.85. The number of hydrogen-bond donors (Lipinski definition) is 2. The lowest BCUT2D eigenvalue weighted by Gasteiger charge is -2.33. The largest absolute Gasteiger partial charge is 0.369 e. The fourth-order valence-electron chi connectivity index (χ4n) is 1.86. The van der Waals surface area contributed by atoms with E-state index in [1.54, 1.807) is 12.4 Å². The molecule has 6 nitrogen and oxygen atoms in total. The summed E-state index contributed by atoms with van der Waals surface area (Å²) >= 11 is 0. The van der Waals surface area contributed by atoms with Gasteiger partial charge >= 0.3 is 0 Å². The van der Waals surface area contributed by atoms with Crippen molar-refractivity contribution < 1.29 is 4.79 Å². The molecule has 1 fully saturated rings. The lowest BCUT2D eigenvalue weighted by atomic mass is 10.2. The third-order valence-corrected chi connectivity index (χ3v) is 2.77. The molecule has 1 unspecified atom stereocenters. The van der Waals surface area contributed by atoms with Crippen molar-refractivity contribution in [3.05, 3.63) is 12.4 Å². The molecule has 0 spiro atoms. The number of amides is 1. The molecule has 0 saturated carbocycles. The molecule has 1 aliphatic heterocycles. The van der Waals surface area contributed by atoms with Crippen LogP contribution >= 0.6 is 0 Å². The van der Waals surface area contributed by atoms with E-state index in [2.05, 4.69) is 20.6 Å². The van der Waals surface area contributed by atoms with Gasteiger partial charge in [-0.25, -0.2) is 4.98 Å². The first-order chi connectivity index (χ1) is 8.22. The zero-order valence-electron chi connectivity index (χ0n) is 10.1. The zero-order valence-corrected chi connectivity index (χ0v) is 10.1. The maximum Gasteiger partial charge on any atom is 0.242 e. The molecule has 1 amide bonds. The van der Waals surface area contributed by atoms with Gasteiger partial charge in [0.25, 0.3) is 0 Å². The quantitative estimate of drug-likeness (QED) is 0.785. The van der Waals surface area contributed by atoms with Crippen LogP contribution in [0.15, 0.2) is 12.4 Å². The Morgan fingerprint density at radius 2 is 2.41 bits per heavy atom. The molecule has 0 bridgehead atoms. The first kappa shape index (κ1) is 11.6. The minimum Gasteiger partial charge on any atom is -0.369 e. The first-order valence-electron chi connectivity index (χ1n) is 5.82. The van der Waals surface area contributed by atoms with E-state index in [4.69, 9.17) is 0 Å². The van der Waals surface area contributed by atoms with Crippen molar-refractivity contribution in [3.63, 3.8) is 0 Å². The van der Waals surface area contributed by atoms with Crippen molar-refractivity contribution in [3.8, 4) is 0 Å². The van der Waals surface area contributed by atoms with Gasteiger partial charge in [0, 0.05) is 19.6 Å². The Bertz CT molecular complexity index is 409. The predicted molar refractivity (Wildman–Crippen MR) is 66.0 cm³/mol. The topological polar surface area (TPSA) is 70.2 Å². The van der Waals surface area contributed by atoms with Crippen LogP contribution in [0.4, 0.5) is 11.6 Å². The standard InChI is InChI=1S/C11H17N5O/c1-3-13-9-6-12-7-10(15-9)16-5-4-14-11(17)8(16)2/h6-8H,3-5H2,1-2H3,(H,13,15)(H,14,17). The second-order valence-electron chi connectivity index (χ2n) is 3.95. The molecule has 1 saturated heterocycles. The van der Waals surface area contributed by atoms with E-state index < -0.39 is 0 Å². The lowest BCUT2D eigenvalue weighted by Crippen LogP contribution is -2.54. The Hall–Kier alpha value is -1.85. The number of aromatic nitrogens is 2. The Balaban J connectivity index is 2.20. The summed E-state index contributed by atoms with van der Waals surface area (Å²) in [5, 5.41) is 5.94. The highest BCUT2D eigenvalue weighted by Gasteiger charge is 2.26. The normalized spacial score (nSPS) is 20.0. The number of rotatable bonds is 3. The molecule has 2 rings (SSSR count). The molecule has 1 aromatic heterocycles. The van der Waals surface area contributed by atoms with Crippen LogP contribution in [-0.2, 0) is 4.79 Å². The molecule has 92 valence electrons. The number of nitrogens with zero attached hydrogens (tertiary/aromatic N) is 3. The molecule has 0 aliphatic carbocycles. The molecule has 0 aromatic carbocycles. The summed E-state index contributed by atoms with van der Waals surface area (Å²) in [6.07, 6.45) is 3.37. The summed E-state index contributed by atoms with van der Waals surface area (Å²) in [6, 6.07) is -0.199. The summed E-state index contributed by atoms with van der Waals surface area (Å²) in [6.45, 7) is 6.09. The van der Waals surface area contributed by atoms with E-state index in [9.17, 15) is 4.79 Å². The van der Waals surface area contributed by atoms with Crippen molar-refractivity contribution in [2.75, 3.05) is 29.9 Å². The fourth-order valence-corrected chi connectivity index (χ4v) is 1.86. The van der Waals surface area contributed by atoms with Crippen molar-refractivity contribution >= 4 is 17.5 Å². The van der Waals surface area contributed by atoms with Crippen LogP contribution in [0.5, 0.6) is 0 Å². The van der Waals surface area contributed by atoms with Crippen molar-refractivity contribution in [2.45, 2.75) is 19.9 Å². The van der Waals surface area contributed by atoms with Crippen LogP contribution in [0, 0.1) is 0 Å². The highest BCUT2D eigenvalue weighted by Crippen LogP contribution is 2.16. The number of anilines is 2. The van der Waals surface area contributed by atoms with Gasteiger partial charge < -0.3 is 15.5 Å². The van der Waals surface area contributed by atoms with Crippen LogP contribution in [-0.4, -0.2) is 41.6 Å². The van der Waals surface area contributed by atoms with E-state index >= 15 is 0 Å². The van der Waals surface area contributed by atoms with Gasteiger partial charge in [0.2, 0.25) is 5.91 Å². The number of hydrogen-bond acceptors (Lipinski definition) is 5. The maximum atomic E-state index is 11.6. The van der Waals surface area contributed by atoms with Crippen LogP contribution in [0.2, 0.25) is 0 Å². The number of piperazine rings is 1. The van der Waals surface area contributed by atoms with E-state index in [0.29, 0.717) is 6.54 Å². The summed E-state index contributed by atoms with van der Waals surface area (Å²) < 4.78 is 0. The van der Waals surface area contributed by atoms with Gasteiger partial charge in [0.15, 0.2) is 0 Å². The molecule has 2 heterocycles. The summed E-state index contributed by atoms with van der Waals surface area (Å²) in [7, 11) is 0. The fraction of sp³-hybridized carbons (Fsp3) is 0.545. The molecule has 0 radical (unpaired) electrons. The van der Waals surface area contributed by atoms with Crippen LogP contribution in [0.1, 0.15) is 13.8 Å². The molecule has 1 aromatic rings. The monoisotopic (exact) mass is 235 g/mol. The van der Waals surface area contributed by atoms with Gasteiger partial charge in [-0.2, -0.15) is 0 Å². The third kappa shape index (κ3) is 2.46. The highest BCUT2D eigenvalue weighted by atomic mass is 16.2. The first-order valence-corrected chi connectivity index (χ1v) is 5.82. The number of carbonyl (C=O) groups excluding carboxylic acids is 1. The number of carbonyl (C=O) groups is 1. The van der Waals surface area contributed by atoms with Gasteiger partial charge in [-0.1, -0.05) is 0 Å². The maximum absolute atomic E-state index is 11.6. The van der Waals surface area contributed by atoms with Gasteiger partial charge in [-0.3, -0.25) is 9.78 Å². The molecule has 6 heteroatoms. The number of nitrogens with one attached hydrogen (secondary N) is 2. The Morgan fingerprint density at radius 1 is 1.59 bits per heavy atom. The Kier molecular flexibility index (Phi) is 3.41. The Labute approximate surface area is 100 Å². The molecule has 1 aliphatic rings. The van der Waals surface area contributed by atoms with Gasteiger partial charge in [-0.05, 0) is 13.8 Å². The average Bonchev–Trinajstić information content (AvgIpc) is 2.33. The smallest absolute Gasteiger partial charge is 0.242 e. The molecular weight excluding hydrogens is 218 g/mol. The Morgan fingerprint density at radius 3 is 3.18 bits per heavy atom. The van der Waals surface area contributed by atoms with Crippen LogP contribution < -0.4 is 15.5 Å². The minimum absolute atomic E-state index is 0.0342. The predicted octanol–water partition coefficient (Wildman–Crippen LogP) is 0.233. The second-order valence-corrected chi connectivity index (χ2v) is 3.95. The summed E-state index contributed by atoms with van der Waals surface area (Å²) in [5.41, 5.74) is 0. The lowest BCUT2D eigenvalue weighted by molar-refractivity contribution is -0.122. The van der Waals surface area contributed by atoms with Crippen LogP contribution in [0.25, 0.3) is 0 Å². The third-order valence-electron chi connectivity index (χ3n) is 2.77. The molecule has 17 heavy (non-hydrogen) atoms. The minimum atomic E-state index is -0.199. The molecule has 1 atom stereocenters. The van der Waals surface area contributed by atoms with Gasteiger partial charge in [0.05, 0.1) is 12.4 Å². The molecular formula is C11H17N5O. The van der Waals surface area contributed by atoms with Gasteiger partial charge in [-0.15, -0.1) is 0 Å². The van der Waals surface area contributed by atoms with E-state index in [1.807, 2.05) is 18.7 Å². The van der Waals surface area contributed by atoms with Crippen molar-refractivity contribution in [1.82, 2.24) is 15.3 Å². The van der Waals surface area contributed by atoms with E-state index in [0.717, 1.165) is 24.7 Å². The van der Waals surface area contributed by atoms with Crippen LogP contribution in [0.3, 0.4) is 0 Å². The zero-order chi connectivity index (χ0) is 12.3. The summed E-state index contributed by atoms with van der Waals surface area (Å²) in [4.78, 5) is 22.1. The SMILES string of the molecule is CCNc1cncc(N2CCNC(=O)C2C)n1. The van der Waals surface area contributed by atoms with E-state index in [-0.39, 0.29) is 11.9 Å². The van der Waals surface area contributed by atoms with Crippen molar-refractivity contribution in [1.29, 1.82) is 0 Å². The van der Waals surface area contributed by atoms with Crippen molar-refractivity contribution in [2.24, 2.45) is 0 Å². The molecule has 2 N–H and O–H groups in total. The second kappa shape index (κ2) is 4.99. The van der Waals surface area contributed by atoms with E-state index in [1.165, 1.54) is 0 Å². The summed E-state index contributed by atoms with van der Waals surface area (Å²) in [5.74, 6) is 1.51. The average molecular weight is 235 g/mol.